The van der Waals surface area contributed by atoms with E-state index in [0.717, 1.165) is 29.7 Å². The summed E-state index contributed by atoms with van der Waals surface area (Å²) in [5.41, 5.74) is 3.14. The first-order valence-electron chi connectivity index (χ1n) is 7.04. The number of fused-ring (bicyclic) bond motifs is 1. The summed E-state index contributed by atoms with van der Waals surface area (Å²) < 4.78 is 0. The predicted molar refractivity (Wildman–Crippen MR) is 81.9 cm³/mol. The molecule has 1 heterocycles. The fourth-order valence-corrected chi connectivity index (χ4v) is 2.38. The highest BCUT2D eigenvalue weighted by atomic mass is 16.4. The zero-order valence-corrected chi connectivity index (χ0v) is 12.3. The van der Waals surface area contributed by atoms with Crippen LogP contribution in [0.2, 0.25) is 0 Å². The fraction of sp³-hybridized carbons (Fsp3) is 0.375. The molecule has 5 heteroatoms. The molecule has 2 rings (SSSR count). The molecule has 0 fully saturated rings. The lowest BCUT2D eigenvalue weighted by Gasteiger charge is -2.29. The minimum Gasteiger partial charge on any atom is -0.478 e. The lowest BCUT2D eigenvalue weighted by Crippen LogP contribution is -2.43. The zero-order valence-electron chi connectivity index (χ0n) is 12.3. The highest BCUT2D eigenvalue weighted by Crippen LogP contribution is 2.28. The van der Waals surface area contributed by atoms with Gasteiger partial charge < -0.3 is 10.4 Å². The standard InChI is InChI=1S/C16H20N2O3/c1-11(2)7-8-17-16(21)18-9-3-4-12-10-13(15(19)20)5-6-14(12)18/h5-7,10H,3-4,8-9H2,1-2H3,(H,17,21)(H,19,20). The van der Waals surface area contributed by atoms with Gasteiger partial charge in [0.15, 0.2) is 0 Å². The molecule has 1 aliphatic rings. The minimum atomic E-state index is -0.942. The summed E-state index contributed by atoms with van der Waals surface area (Å²) in [5.74, 6) is -0.942. The monoisotopic (exact) mass is 288 g/mol. The number of benzene rings is 1. The van der Waals surface area contributed by atoms with Gasteiger partial charge in [-0.2, -0.15) is 0 Å². The van der Waals surface area contributed by atoms with Crippen molar-refractivity contribution in [2.75, 3.05) is 18.0 Å². The lowest BCUT2D eigenvalue weighted by molar-refractivity contribution is 0.0696. The summed E-state index contributed by atoms with van der Waals surface area (Å²) in [5, 5.41) is 11.9. The van der Waals surface area contributed by atoms with Crippen LogP contribution in [-0.2, 0) is 6.42 Å². The third-order valence-electron chi connectivity index (χ3n) is 3.45. The molecule has 1 aromatic carbocycles. The van der Waals surface area contributed by atoms with E-state index in [9.17, 15) is 9.59 Å². The van der Waals surface area contributed by atoms with Crippen molar-refractivity contribution < 1.29 is 14.7 Å². The first-order valence-corrected chi connectivity index (χ1v) is 7.04. The second-order valence-corrected chi connectivity index (χ2v) is 5.37. The quantitative estimate of drug-likeness (QED) is 0.840. The molecule has 0 aliphatic carbocycles. The Morgan fingerprint density at radius 2 is 2.14 bits per heavy atom. The molecule has 0 radical (unpaired) electrons. The Hall–Kier alpha value is -2.30. The van der Waals surface area contributed by atoms with Crippen molar-refractivity contribution in [3.05, 3.63) is 41.0 Å². The smallest absolute Gasteiger partial charge is 0.335 e. The van der Waals surface area contributed by atoms with Crippen LogP contribution in [0.1, 0.15) is 36.2 Å². The Kier molecular flexibility index (Phi) is 4.62. The number of nitrogens with zero attached hydrogens (tertiary/aromatic N) is 1. The van der Waals surface area contributed by atoms with E-state index in [1.54, 1.807) is 23.1 Å². The van der Waals surface area contributed by atoms with Gasteiger partial charge in [-0.3, -0.25) is 4.90 Å². The van der Waals surface area contributed by atoms with E-state index in [2.05, 4.69) is 5.32 Å². The third kappa shape index (κ3) is 3.62. The number of carboxylic acid groups (broad SMARTS) is 1. The van der Waals surface area contributed by atoms with Gasteiger partial charge in [0.1, 0.15) is 0 Å². The van der Waals surface area contributed by atoms with Crippen LogP contribution >= 0.6 is 0 Å². The average Bonchev–Trinajstić information content (AvgIpc) is 2.45. The molecule has 1 aromatic rings. The van der Waals surface area contributed by atoms with E-state index in [-0.39, 0.29) is 11.6 Å². The Morgan fingerprint density at radius 1 is 1.38 bits per heavy atom. The first kappa shape index (κ1) is 15.1. The molecule has 0 spiro atoms. The summed E-state index contributed by atoms with van der Waals surface area (Å²) >= 11 is 0. The predicted octanol–water partition coefficient (Wildman–Crippen LogP) is 2.81. The number of nitrogens with one attached hydrogen (secondary N) is 1. The number of hydrogen-bond acceptors (Lipinski definition) is 2. The van der Waals surface area contributed by atoms with Gasteiger partial charge in [-0.1, -0.05) is 11.6 Å². The van der Waals surface area contributed by atoms with Crippen molar-refractivity contribution in [1.82, 2.24) is 5.32 Å². The maximum atomic E-state index is 12.2. The Morgan fingerprint density at radius 3 is 2.81 bits per heavy atom. The largest absolute Gasteiger partial charge is 0.478 e. The average molecular weight is 288 g/mol. The van der Waals surface area contributed by atoms with Crippen LogP contribution in [0.25, 0.3) is 0 Å². The second-order valence-electron chi connectivity index (χ2n) is 5.37. The van der Waals surface area contributed by atoms with Crippen molar-refractivity contribution >= 4 is 17.7 Å². The summed E-state index contributed by atoms with van der Waals surface area (Å²) in [7, 11) is 0. The second kappa shape index (κ2) is 6.43. The molecule has 0 saturated heterocycles. The van der Waals surface area contributed by atoms with Crippen molar-refractivity contribution in [3.8, 4) is 0 Å². The molecule has 112 valence electrons. The number of allylic oxidation sites excluding steroid dienone is 1. The molecule has 0 saturated carbocycles. The van der Waals surface area contributed by atoms with E-state index >= 15 is 0 Å². The molecular weight excluding hydrogens is 268 g/mol. The van der Waals surface area contributed by atoms with Crippen molar-refractivity contribution in [1.29, 1.82) is 0 Å². The van der Waals surface area contributed by atoms with E-state index in [1.165, 1.54) is 0 Å². The normalized spacial score (nSPS) is 13.3. The molecule has 0 aromatic heterocycles. The number of carboxylic acids is 1. The van der Waals surface area contributed by atoms with Crippen LogP contribution in [0.4, 0.5) is 10.5 Å². The number of urea groups is 1. The summed E-state index contributed by atoms with van der Waals surface area (Å²) in [4.78, 5) is 24.9. The topological polar surface area (TPSA) is 69.6 Å². The minimum absolute atomic E-state index is 0.142. The van der Waals surface area contributed by atoms with Crippen molar-refractivity contribution in [3.63, 3.8) is 0 Å². The molecule has 5 nitrogen and oxygen atoms in total. The molecule has 1 aliphatic heterocycles. The first-order chi connectivity index (χ1) is 9.99. The van der Waals surface area contributed by atoms with Gasteiger partial charge in [-0.15, -0.1) is 0 Å². The number of rotatable bonds is 3. The Balaban J connectivity index is 2.16. The number of anilines is 1. The number of aromatic carboxylic acids is 1. The van der Waals surface area contributed by atoms with E-state index < -0.39 is 5.97 Å². The van der Waals surface area contributed by atoms with Crippen LogP contribution in [0.3, 0.4) is 0 Å². The van der Waals surface area contributed by atoms with E-state index in [4.69, 9.17) is 5.11 Å². The van der Waals surface area contributed by atoms with Gasteiger partial charge in [0.25, 0.3) is 0 Å². The number of hydrogen-bond donors (Lipinski definition) is 2. The summed E-state index contributed by atoms with van der Waals surface area (Å²) in [6, 6.07) is 4.78. The fourth-order valence-electron chi connectivity index (χ4n) is 2.38. The van der Waals surface area contributed by atoms with Crippen LogP contribution in [0.15, 0.2) is 29.8 Å². The van der Waals surface area contributed by atoms with Gasteiger partial charge in [0.05, 0.1) is 5.56 Å². The zero-order chi connectivity index (χ0) is 15.4. The van der Waals surface area contributed by atoms with Gasteiger partial charge in [-0.05, 0) is 50.5 Å². The molecular formula is C16H20N2O3. The highest BCUT2D eigenvalue weighted by Gasteiger charge is 2.22. The number of aryl methyl sites for hydroxylation is 1. The number of carbonyl (C=O) groups excluding carboxylic acids is 1. The van der Waals surface area contributed by atoms with E-state index in [1.807, 2.05) is 19.9 Å². The summed E-state index contributed by atoms with van der Waals surface area (Å²) in [6.07, 6.45) is 3.59. The number of carbonyl (C=O) groups is 2. The van der Waals surface area contributed by atoms with E-state index in [0.29, 0.717) is 13.1 Å². The molecule has 0 atom stereocenters. The van der Waals surface area contributed by atoms with Gasteiger partial charge >= 0.3 is 12.0 Å². The molecule has 2 N–H and O–H groups in total. The molecule has 21 heavy (non-hydrogen) atoms. The maximum absolute atomic E-state index is 12.2. The van der Waals surface area contributed by atoms with Crippen molar-refractivity contribution in [2.24, 2.45) is 0 Å². The molecule has 0 unspecified atom stereocenters. The van der Waals surface area contributed by atoms with Crippen LogP contribution in [0.5, 0.6) is 0 Å². The molecule has 0 bridgehead atoms. The Labute approximate surface area is 124 Å². The lowest BCUT2D eigenvalue weighted by atomic mass is 9.99. The SMILES string of the molecule is CC(C)=CCNC(=O)N1CCCc2cc(C(=O)O)ccc21. The summed E-state index contributed by atoms with van der Waals surface area (Å²) in [6.45, 7) is 5.12. The Bertz CT molecular complexity index is 589. The van der Waals surface area contributed by atoms with Gasteiger partial charge in [-0.25, -0.2) is 9.59 Å². The van der Waals surface area contributed by atoms with Crippen LogP contribution < -0.4 is 10.2 Å². The van der Waals surface area contributed by atoms with Crippen LogP contribution in [-0.4, -0.2) is 30.2 Å². The van der Waals surface area contributed by atoms with Crippen LogP contribution in [0, 0.1) is 0 Å². The highest BCUT2D eigenvalue weighted by molar-refractivity contribution is 5.95. The van der Waals surface area contributed by atoms with Gasteiger partial charge in [0, 0.05) is 18.8 Å². The third-order valence-corrected chi connectivity index (χ3v) is 3.45. The number of amides is 2. The maximum Gasteiger partial charge on any atom is 0.335 e. The van der Waals surface area contributed by atoms with Crippen molar-refractivity contribution in [2.45, 2.75) is 26.7 Å². The molecule has 2 amide bonds. The van der Waals surface area contributed by atoms with Gasteiger partial charge in [0.2, 0.25) is 0 Å².